The van der Waals surface area contributed by atoms with E-state index in [2.05, 4.69) is 21.8 Å². The molecule has 2 heterocycles. The van der Waals surface area contributed by atoms with E-state index in [1.54, 1.807) is 17.6 Å². The van der Waals surface area contributed by atoms with Gasteiger partial charge in [0.2, 0.25) is 0 Å². The molecular weight excluding hydrogens is 244 g/mol. The minimum atomic E-state index is -0.539. The quantitative estimate of drug-likeness (QED) is 0.617. The number of nitrogens with zero attached hydrogens (tertiary/aromatic N) is 3. The predicted molar refractivity (Wildman–Crippen MR) is 74.5 cm³/mol. The van der Waals surface area contributed by atoms with Crippen molar-refractivity contribution in [3.63, 3.8) is 0 Å². The lowest BCUT2D eigenvalue weighted by molar-refractivity contribution is 0.0706. The number of anilines is 1. The van der Waals surface area contributed by atoms with Crippen molar-refractivity contribution in [2.24, 2.45) is 0 Å². The Morgan fingerprint density at radius 3 is 2.37 bits per heavy atom. The molecular formula is C13H22N4O2. The summed E-state index contributed by atoms with van der Waals surface area (Å²) in [7, 11) is 2.10. The van der Waals surface area contributed by atoms with Gasteiger partial charge < -0.3 is 9.80 Å². The monoisotopic (exact) mass is 266 g/mol. The number of nitrogens with one attached hydrogen (secondary N) is 1. The van der Waals surface area contributed by atoms with Crippen molar-refractivity contribution in [3.8, 4) is 0 Å². The first-order chi connectivity index (χ1) is 9.20. The molecule has 2 rings (SSSR count). The molecule has 19 heavy (non-hydrogen) atoms. The SMILES string of the molecule is CC.CN1CCN(c2ccc(C(=O)NO)cn2)CC1. The highest BCUT2D eigenvalue weighted by molar-refractivity contribution is 5.93. The largest absolute Gasteiger partial charge is 0.354 e. The van der Waals surface area contributed by atoms with Crippen molar-refractivity contribution < 1.29 is 10.0 Å². The first-order valence-corrected chi connectivity index (χ1v) is 6.54. The average Bonchev–Trinajstić information content (AvgIpc) is 2.49. The molecule has 0 bridgehead atoms. The van der Waals surface area contributed by atoms with Gasteiger partial charge in [0.25, 0.3) is 5.91 Å². The summed E-state index contributed by atoms with van der Waals surface area (Å²) in [4.78, 5) is 19.8. The van der Waals surface area contributed by atoms with E-state index in [1.807, 2.05) is 13.8 Å². The Morgan fingerprint density at radius 2 is 1.89 bits per heavy atom. The number of hydroxylamine groups is 1. The van der Waals surface area contributed by atoms with Gasteiger partial charge in [-0.1, -0.05) is 13.8 Å². The zero-order valence-electron chi connectivity index (χ0n) is 11.8. The third-order valence-corrected chi connectivity index (χ3v) is 2.94. The van der Waals surface area contributed by atoms with E-state index >= 15 is 0 Å². The van der Waals surface area contributed by atoms with Crippen molar-refractivity contribution in [1.29, 1.82) is 0 Å². The van der Waals surface area contributed by atoms with Gasteiger partial charge >= 0.3 is 0 Å². The highest BCUT2D eigenvalue weighted by atomic mass is 16.5. The summed E-state index contributed by atoms with van der Waals surface area (Å²) in [5.74, 6) is 0.329. The third-order valence-electron chi connectivity index (χ3n) is 2.94. The Labute approximate surface area is 114 Å². The van der Waals surface area contributed by atoms with E-state index in [-0.39, 0.29) is 0 Å². The Morgan fingerprint density at radius 1 is 1.26 bits per heavy atom. The van der Waals surface area contributed by atoms with Gasteiger partial charge in [-0.3, -0.25) is 10.0 Å². The maximum atomic E-state index is 11.1. The molecule has 1 aromatic heterocycles. The second kappa shape index (κ2) is 7.70. The van der Waals surface area contributed by atoms with E-state index in [1.165, 1.54) is 6.20 Å². The van der Waals surface area contributed by atoms with Gasteiger partial charge in [-0.15, -0.1) is 0 Å². The van der Waals surface area contributed by atoms with Gasteiger partial charge in [0, 0.05) is 32.4 Å². The molecule has 1 aliphatic rings. The van der Waals surface area contributed by atoms with Crippen LogP contribution in [0.25, 0.3) is 0 Å². The third kappa shape index (κ3) is 4.18. The van der Waals surface area contributed by atoms with Crippen molar-refractivity contribution in [1.82, 2.24) is 15.4 Å². The van der Waals surface area contributed by atoms with Crippen LogP contribution in [-0.2, 0) is 0 Å². The molecule has 1 aromatic rings. The topological polar surface area (TPSA) is 68.7 Å². The number of piperazine rings is 1. The number of aromatic nitrogens is 1. The number of carbonyl (C=O) groups is 1. The number of carbonyl (C=O) groups excluding carboxylic acids is 1. The maximum absolute atomic E-state index is 11.1. The van der Waals surface area contributed by atoms with E-state index in [4.69, 9.17) is 5.21 Å². The Balaban J connectivity index is 0.000000861. The molecule has 6 heteroatoms. The number of likely N-dealkylation sites (N-methyl/N-ethyl adjacent to an activating group) is 1. The maximum Gasteiger partial charge on any atom is 0.276 e. The Kier molecular flexibility index (Phi) is 6.24. The van der Waals surface area contributed by atoms with Gasteiger partial charge in [0.1, 0.15) is 5.82 Å². The normalized spacial score (nSPS) is 15.5. The van der Waals surface area contributed by atoms with Crippen molar-refractivity contribution >= 4 is 11.7 Å². The lowest BCUT2D eigenvalue weighted by atomic mass is 10.2. The number of pyridine rings is 1. The van der Waals surface area contributed by atoms with Gasteiger partial charge in [-0.05, 0) is 19.2 Å². The summed E-state index contributed by atoms with van der Waals surface area (Å²) in [6, 6.07) is 3.46. The minimum absolute atomic E-state index is 0.352. The van der Waals surface area contributed by atoms with Crippen molar-refractivity contribution in [3.05, 3.63) is 23.9 Å². The number of amides is 1. The van der Waals surface area contributed by atoms with Gasteiger partial charge in [-0.2, -0.15) is 0 Å². The van der Waals surface area contributed by atoms with E-state index in [0.717, 1.165) is 32.0 Å². The van der Waals surface area contributed by atoms with Crippen LogP contribution < -0.4 is 10.4 Å². The second-order valence-electron chi connectivity index (χ2n) is 4.14. The van der Waals surface area contributed by atoms with Crippen molar-refractivity contribution in [2.75, 3.05) is 38.1 Å². The predicted octanol–water partition coefficient (Wildman–Crippen LogP) is 0.979. The molecule has 0 unspecified atom stereocenters. The van der Waals surface area contributed by atoms with Crippen LogP contribution in [0.2, 0.25) is 0 Å². The zero-order chi connectivity index (χ0) is 14.3. The summed E-state index contributed by atoms with van der Waals surface area (Å²) in [6.45, 7) is 7.91. The molecule has 0 atom stereocenters. The molecule has 1 saturated heterocycles. The molecule has 0 aliphatic carbocycles. The van der Waals surface area contributed by atoms with Crippen LogP contribution in [0.3, 0.4) is 0 Å². The summed E-state index contributed by atoms with van der Waals surface area (Å²) in [5, 5.41) is 8.49. The van der Waals surface area contributed by atoms with Crippen LogP contribution in [-0.4, -0.2) is 54.2 Å². The lowest BCUT2D eigenvalue weighted by Gasteiger charge is -2.33. The van der Waals surface area contributed by atoms with Gasteiger partial charge in [-0.25, -0.2) is 10.5 Å². The molecule has 0 spiro atoms. The lowest BCUT2D eigenvalue weighted by Crippen LogP contribution is -2.44. The molecule has 1 aliphatic heterocycles. The van der Waals surface area contributed by atoms with Crippen LogP contribution in [0.4, 0.5) is 5.82 Å². The van der Waals surface area contributed by atoms with Gasteiger partial charge in [0.15, 0.2) is 0 Å². The summed E-state index contributed by atoms with van der Waals surface area (Å²) >= 11 is 0. The smallest absolute Gasteiger partial charge is 0.276 e. The first-order valence-electron chi connectivity index (χ1n) is 6.54. The fraction of sp³-hybridized carbons (Fsp3) is 0.538. The highest BCUT2D eigenvalue weighted by Gasteiger charge is 2.15. The van der Waals surface area contributed by atoms with Crippen LogP contribution in [0.5, 0.6) is 0 Å². The fourth-order valence-corrected chi connectivity index (χ4v) is 1.81. The van der Waals surface area contributed by atoms with E-state index < -0.39 is 5.91 Å². The molecule has 0 radical (unpaired) electrons. The minimum Gasteiger partial charge on any atom is -0.354 e. The fourth-order valence-electron chi connectivity index (χ4n) is 1.81. The van der Waals surface area contributed by atoms with E-state index in [9.17, 15) is 4.79 Å². The summed E-state index contributed by atoms with van der Waals surface area (Å²) in [6.07, 6.45) is 1.47. The van der Waals surface area contributed by atoms with E-state index in [0.29, 0.717) is 5.56 Å². The number of rotatable bonds is 2. The van der Waals surface area contributed by atoms with Crippen LogP contribution in [0, 0.1) is 0 Å². The highest BCUT2D eigenvalue weighted by Crippen LogP contribution is 2.13. The van der Waals surface area contributed by atoms with Crippen molar-refractivity contribution in [2.45, 2.75) is 13.8 Å². The zero-order valence-corrected chi connectivity index (χ0v) is 11.8. The standard InChI is InChI=1S/C11H16N4O2.C2H6/c1-14-4-6-15(7-5-14)10-3-2-9(8-12-10)11(16)13-17;1-2/h2-3,8,17H,4-7H2,1H3,(H,13,16);1-2H3. The molecule has 0 aromatic carbocycles. The molecule has 0 saturated carbocycles. The summed E-state index contributed by atoms with van der Waals surface area (Å²) in [5.41, 5.74) is 1.94. The Hall–Kier alpha value is -1.66. The molecule has 1 fully saturated rings. The first kappa shape index (κ1) is 15.4. The number of hydrogen-bond donors (Lipinski definition) is 2. The molecule has 2 N–H and O–H groups in total. The molecule has 1 amide bonds. The Bertz CT molecular complexity index is 386. The molecule has 106 valence electrons. The molecule has 6 nitrogen and oxygen atoms in total. The average molecular weight is 266 g/mol. The van der Waals surface area contributed by atoms with Crippen LogP contribution in [0.1, 0.15) is 24.2 Å². The van der Waals surface area contributed by atoms with Gasteiger partial charge in [0.05, 0.1) is 5.56 Å². The second-order valence-corrected chi connectivity index (χ2v) is 4.14. The van der Waals surface area contributed by atoms with Crippen LogP contribution in [0.15, 0.2) is 18.3 Å². The van der Waals surface area contributed by atoms with Crippen LogP contribution >= 0.6 is 0 Å². The summed E-state index contributed by atoms with van der Waals surface area (Å²) < 4.78 is 0. The number of hydrogen-bond acceptors (Lipinski definition) is 5.